The van der Waals surface area contributed by atoms with Gasteiger partial charge in [-0.15, -0.1) is 0 Å². The number of nitrogens with two attached hydrogens (primary N) is 1. The third-order valence-electron chi connectivity index (χ3n) is 2.72. The summed E-state index contributed by atoms with van der Waals surface area (Å²) in [4.78, 5) is 0.159. The van der Waals surface area contributed by atoms with Crippen LogP contribution in [0.25, 0.3) is 0 Å². The van der Waals surface area contributed by atoms with Gasteiger partial charge in [-0.25, -0.2) is 8.42 Å². The molecule has 1 aromatic heterocycles. The first-order chi connectivity index (χ1) is 8.94. The smallest absolute Gasteiger partial charge is 0.262 e. The third-order valence-corrected chi connectivity index (χ3v) is 5.12. The fraction of sp³-hybridized carbons (Fsp3) is 0.167. The molecular formula is C12H13ClN2O2S2. The predicted octanol–water partition coefficient (Wildman–Crippen LogP) is 2.97. The van der Waals surface area contributed by atoms with Crippen LogP contribution < -0.4 is 10.5 Å². The van der Waals surface area contributed by atoms with E-state index in [1.54, 1.807) is 29.8 Å². The highest BCUT2D eigenvalue weighted by molar-refractivity contribution is 7.92. The number of hydrogen-bond acceptors (Lipinski definition) is 4. The molecule has 2 rings (SSSR count). The summed E-state index contributed by atoms with van der Waals surface area (Å²) in [6, 6.07) is 4.82. The van der Waals surface area contributed by atoms with E-state index in [1.165, 1.54) is 17.4 Å². The average molecular weight is 317 g/mol. The zero-order valence-electron chi connectivity index (χ0n) is 10.2. The summed E-state index contributed by atoms with van der Waals surface area (Å²) in [5, 5.41) is 3.88. The molecule has 0 spiro atoms. The van der Waals surface area contributed by atoms with Gasteiger partial charge < -0.3 is 5.73 Å². The van der Waals surface area contributed by atoms with Crippen molar-refractivity contribution < 1.29 is 8.42 Å². The van der Waals surface area contributed by atoms with Gasteiger partial charge in [-0.2, -0.15) is 11.3 Å². The molecule has 3 N–H and O–H groups in total. The SMILES string of the molecule is Cc1c(CN)cc(Cl)cc1S(=O)(=O)Nc1ccsc1. The van der Waals surface area contributed by atoms with Gasteiger partial charge >= 0.3 is 0 Å². The Hall–Kier alpha value is -1.08. The molecule has 0 aliphatic heterocycles. The maximum absolute atomic E-state index is 12.3. The van der Waals surface area contributed by atoms with Gasteiger partial charge in [-0.05, 0) is 41.6 Å². The minimum Gasteiger partial charge on any atom is -0.326 e. The van der Waals surface area contributed by atoms with E-state index in [0.29, 0.717) is 16.3 Å². The molecule has 4 nitrogen and oxygen atoms in total. The Labute approximate surface area is 121 Å². The number of sulfonamides is 1. The van der Waals surface area contributed by atoms with Crippen LogP contribution in [0.2, 0.25) is 5.02 Å². The molecule has 0 aliphatic rings. The molecule has 0 saturated carbocycles. The van der Waals surface area contributed by atoms with E-state index in [1.807, 2.05) is 0 Å². The topological polar surface area (TPSA) is 72.2 Å². The molecule has 0 saturated heterocycles. The summed E-state index contributed by atoms with van der Waals surface area (Å²) < 4.78 is 27.2. The number of hydrogen-bond donors (Lipinski definition) is 2. The van der Waals surface area contributed by atoms with E-state index in [2.05, 4.69) is 4.72 Å². The van der Waals surface area contributed by atoms with Crippen molar-refractivity contribution in [2.45, 2.75) is 18.4 Å². The van der Waals surface area contributed by atoms with Crippen molar-refractivity contribution in [1.82, 2.24) is 0 Å². The normalized spacial score (nSPS) is 11.5. The van der Waals surface area contributed by atoms with Crippen molar-refractivity contribution in [3.8, 4) is 0 Å². The molecule has 7 heteroatoms. The van der Waals surface area contributed by atoms with Gasteiger partial charge in [0.2, 0.25) is 0 Å². The van der Waals surface area contributed by atoms with Crippen LogP contribution in [0.15, 0.2) is 33.9 Å². The highest BCUT2D eigenvalue weighted by atomic mass is 35.5. The van der Waals surface area contributed by atoms with Crippen LogP contribution in [0.1, 0.15) is 11.1 Å². The minimum atomic E-state index is -3.65. The molecule has 102 valence electrons. The van der Waals surface area contributed by atoms with E-state index in [9.17, 15) is 8.42 Å². The number of halogens is 1. The molecule has 0 fully saturated rings. The lowest BCUT2D eigenvalue weighted by atomic mass is 10.1. The zero-order valence-corrected chi connectivity index (χ0v) is 12.6. The monoisotopic (exact) mass is 316 g/mol. The molecule has 0 aliphatic carbocycles. The van der Waals surface area contributed by atoms with E-state index in [0.717, 1.165) is 5.56 Å². The van der Waals surface area contributed by atoms with Gasteiger partial charge in [0.15, 0.2) is 0 Å². The largest absolute Gasteiger partial charge is 0.326 e. The zero-order chi connectivity index (χ0) is 14.0. The summed E-state index contributed by atoms with van der Waals surface area (Å²) in [7, 11) is -3.65. The molecule has 2 aromatic rings. The second-order valence-electron chi connectivity index (χ2n) is 4.01. The van der Waals surface area contributed by atoms with Crippen molar-refractivity contribution in [3.63, 3.8) is 0 Å². The fourth-order valence-electron chi connectivity index (χ4n) is 1.73. The van der Waals surface area contributed by atoms with Gasteiger partial charge in [-0.1, -0.05) is 11.6 Å². The standard InChI is InChI=1S/C12H13ClN2O2S2/c1-8-9(6-14)4-10(13)5-12(8)19(16,17)15-11-2-3-18-7-11/h2-5,7,15H,6,14H2,1H3. The Kier molecular flexibility index (Phi) is 4.15. The first-order valence-electron chi connectivity index (χ1n) is 5.48. The van der Waals surface area contributed by atoms with Gasteiger partial charge in [0.1, 0.15) is 0 Å². The Morgan fingerprint density at radius 2 is 2.16 bits per heavy atom. The van der Waals surface area contributed by atoms with Crippen LogP contribution in [0.5, 0.6) is 0 Å². The lowest BCUT2D eigenvalue weighted by molar-refractivity contribution is 0.600. The summed E-state index contributed by atoms with van der Waals surface area (Å²) in [5.41, 5.74) is 7.48. The van der Waals surface area contributed by atoms with Crippen molar-refractivity contribution >= 4 is 38.6 Å². The Bertz CT molecular complexity index is 682. The lowest BCUT2D eigenvalue weighted by Gasteiger charge is -2.12. The van der Waals surface area contributed by atoms with Crippen LogP contribution in [0.3, 0.4) is 0 Å². The maximum atomic E-state index is 12.3. The Morgan fingerprint density at radius 3 is 2.74 bits per heavy atom. The first kappa shape index (κ1) is 14.3. The van der Waals surface area contributed by atoms with E-state index < -0.39 is 10.0 Å². The molecule has 0 bridgehead atoms. The summed E-state index contributed by atoms with van der Waals surface area (Å²) >= 11 is 7.36. The quantitative estimate of drug-likeness (QED) is 0.911. The van der Waals surface area contributed by atoms with E-state index >= 15 is 0 Å². The minimum absolute atomic E-state index is 0.159. The molecule has 0 radical (unpaired) electrons. The number of anilines is 1. The second-order valence-corrected chi connectivity index (χ2v) is 6.88. The summed E-state index contributed by atoms with van der Waals surface area (Å²) in [6.45, 7) is 1.97. The molecule has 0 amide bonds. The number of benzene rings is 1. The fourth-order valence-corrected chi connectivity index (χ4v) is 4.06. The molecule has 0 atom stereocenters. The van der Waals surface area contributed by atoms with Crippen LogP contribution in [-0.4, -0.2) is 8.42 Å². The second kappa shape index (κ2) is 5.50. The first-order valence-corrected chi connectivity index (χ1v) is 8.28. The third kappa shape index (κ3) is 3.09. The molecule has 0 unspecified atom stereocenters. The van der Waals surface area contributed by atoms with Gasteiger partial charge in [0.25, 0.3) is 10.0 Å². The molecule has 19 heavy (non-hydrogen) atoms. The molecular weight excluding hydrogens is 304 g/mol. The van der Waals surface area contributed by atoms with Crippen molar-refractivity contribution in [2.24, 2.45) is 5.73 Å². The van der Waals surface area contributed by atoms with Gasteiger partial charge in [0, 0.05) is 16.9 Å². The number of thiophene rings is 1. The highest BCUT2D eigenvalue weighted by Crippen LogP contribution is 2.26. The molecule has 1 heterocycles. The van der Waals surface area contributed by atoms with Crippen LogP contribution >= 0.6 is 22.9 Å². The Morgan fingerprint density at radius 1 is 1.42 bits per heavy atom. The number of rotatable bonds is 4. The lowest BCUT2D eigenvalue weighted by Crippen LogP contribution is -2.15. The number of nitrogens with one attached hydrogen (secondary N) is 1. The highest BCUT2D eigenvalue weighted by Gasteiger charge is 2.19. The van der Waals surface area contributed by atoms with Crippen LogP contribution in [0, 0.1) is 6.92 Å². The summed E-state index contributed by atoms with van der Waals surface area (Å²) in [6.07, 6.45) is 0. The average Bonchev–Trinajstić information content (AvgIpc) is 2.83. The van der Waals surface area contributed by atoms with E-state index in [4.69, 9.17) is 17.3 Å². The van der Waals surface area contributed by atoms with Gasteiger partial charge in [-0.3, -0.25) is 4.72 Å². The van der Waals surface area contributed by atoms with Crippen molar-refractivity contribution in [3.05, 3.63) is 45.1 Å². The van der Waals surface area contributed by atoms with Crippen LogP contribution in [-0.2, 0) is 16.6 Å². The molecule has 1 aromatic carbocycles. The van der Waals surface area contributed by atoms with Crippen molar-refractivity contribution in [2.75, 3.05) is 4.72 Å². The Balaban J connectivity index is 2.48. The summed E-state index contributed by atoms with van der Waals surface area (Å²) in [5.74, 6) is 0. The predicted molar refractivity (Wildman–Crippen MR) is 79.2 cm³/mol. The van der Waals surface area contributed by atoms with E-state index in [-0.39, 0.29) is 11.4 Å². The van der Waals surface area contributed by atoms with Crippen LogP contribution in [0.4, 0.5) is 5.69 Å². The van der Waals surface area contributed by atoms with Crippen molar-refractivity contribution in [1.29, 1.82) is 0 Å². The maximum Gasteiger partial charge on any atom is 0.262 e. The van der Waals surface area contributed by atoms with Gasteiger partial charge in [0.05, 0.1) is 10.6 Å².